The van der Waals surface area contributed by atoms with Crippen molar-refractivity contribution in [3.05, 3.63) is 12.2 Å². The van der Waals surface area contributed by atoms with E-state index in [4.69, 9.17) is 5.26 Å². The second-order valence-electron chi connectivity index (χ2n) is 4.00. The zero-order chi connectivity index (χ0) is 11.7. The van der Waals surface area contributed by atoms with Crippen molar-refractivity contribution in [1.82, 2.24) is 10.2 Å². The van der Waals surface area contributed by atoms with Gasteiger partial charge in [0.2, 0.25) is 0 Å². The van der Waals surface area contributed by atoms with Gasteiger partial charge in [-0.3, -0.25) is 4.90 Å². The van der Waals surface area contributed by atoms with Gasteiger partial charge >= 0.3 is 0 Å². The predicted octanol–water partition coefficient (Wildman–Crippen LogP) is 1.78. The average molecular weight is 209 g/mol. The van der Waals surface area contributed by atoms with Crippen molar-refractivity contribution in [3.8, 4) is 6.07 Å². The molecule has 0 aromatic carbocycles. The van der Waals surface area contributed by atoms with Crippen LogP contribution < -0.4 is 5.32 Å². The zero-order valence-corrected chi connectivity index (χ0v) is 10.2. The number of nitrogens with one attached hydrogen (secondary N) is 1. The Morgan fingerprint density at radius 2 is 2.20 bits per heavy atom. The van der Waals surface area contributed by atoms with E-state index in [-0.39, 0.29) is 0 Å². The fourth-order valence-electron chi connectivity index (χ4n) is 1.36. The van der Waals surface area contributed by atoms with Crippen molar-refractivity contribution in [2.75, 3.05) is 26.2 Å². The fourth-order valence-corrected chi connectivity index (χ4v) is 1.36. The lowest BCUT2D eigenvalue weighted by atomic mass is 10.2. The van der Waals surface area contributed by atoms with Gasteiger partial charge in [0.15, 0.2) is 0 Å². The van der Waals surface area contributed by atoms with E-state index in [9.17, 15) is 0 Å². The summed E-state index contributed by atoms with van der Waals surface area (Å²) in [5.41, 5.74) is 1.18. The Bertz CT molecular complexity index is 215. The summed E-state index contributed by atoms with van der Waals surface area (Å²) in [5, 5.41) is 11.8. The smallest absolute Gasteiger partial charge is 0.0635 e. The molecule has 0 aliphatic rings. The van der Waals surface area contributed by atoms with Crippen LogP contribution in [0.25, 0.3) is 0 Å². The first-order valence-corrected chi connectivity index (χ1v) is 5.60. The highest BCUT2D eigenvalue weighted by Crippen LogP contribution is 2.03. The van der Waals surface area contributed by atoms with Crippen LogP contribution in [0.3, 0.4) is 0 Å². The molecule has 0 fully saturated rings. The molecule has 3 nitrogen and oxygen atoms in total. The Hall–Kier alpha value is -0.850. The number of nitriles is 1. The molecule has 0 saturated heterocycles. The maximum Gasteiger partial charge on any atom is 0.0635 e. The lowest BCUT2D eigenvalue weighted by Crippen LogP contribution is -2.35. The van der Waals surface area contributed by atoms with Crippen molar-refractivity contribution in [1.29, 1.82) is 5.26 Å². The van der Waals surface area contributed by atoms with E-state index in [1.165, 1.54) is 5.57 Å². The third-order valence-electron chi connectivity index (χ3n) is 2.29. The monoisotopic (exact) mass is 209 g/mol. The van der Waals surface area contributed by atoms with E-state index in [2.05, 4.69) is 43.6 Å². The zero-order valence-electron chi connectivity index (χ0n) is 10.2. The van der Waals surface area contributed by atoms with Gasteiger partial charge in [0, 0.05) is 32.1 Å². The average Bonchev–Trinajstić information content (AvgIpc) is 2.20. The van der Waals surface area contributed by atoms with Crippen LogP contribution in [0.15, 0.2) is 12.2 Å². The van der Waals surface area contributed by atoms with E-state index in [0.29, 0.717) is 12.5 Å². The number of hydrogen-bond donors (Lipinski definition) is 1. The van der Waals surface area contributed by atoms with Crippen molar-refractivity contribution >= 4 is 0 Å². The Kier molecular flexibility index (Phi) is 7.98. The Morgan fingerprint density at radius 3 is 2.67 bits per heavy atom. The minimum Gasteiger partial charge on any atom is -0.313 e. The van der Waals surface area contributed by atoms with Gasteiger partial charge in [-0.15, -0.1) is 0 Å². The summed E-state index contributed by atoms with van der Waals surface area (Å²) in [6, 6.07) is 2.65. The summed E-state index contributed by atoms with van der Waals surface area (Å²) in [5.74, 6) is 0. The van der Waals surface area contributed by atoms with E-state index < -0.39 is 0 Å². The van der Waals surface area contributed by atoms with Gasteiger partial charge in [-0.25, -0.2) is 0 Å². The summed E-state index contributed by atoms with van der Waals surface area (Å²) >= 11 is 0. The second-order valence-corrected chi connectivity index (χ2v) is 4.00. The Morgan fingerprint density at radius 1 is 1.53 bits per heavy atom. The molecule has 0 amide bonds. The fraction of sp³-hybridized carbons (Fsp3) is 0.750. The van der Waals surface area contributed by atoms with E-state index in [0.717, 1.165) is 26.2 Å². The first-order chi connectivity index (χ1) is 7.11. The molecule has 0 saturated carbocycles. The first-order valence-electron chi connectivity index (χ1n) is 5.60. The summed E-state index contributed by atoms with van der Waals surface area (Å²) in [6.07, 6.45) is 0.590. The van der Waals surface area contributed by atoms with E-state index in [1.54, 1.807) is 0 Å². The highest BCUT2D eigenvalue weighted by molar-refractivity contribution is 5.00. The highest BCUT2D eigenvalue weighted by atomic mass is 15.1. The minimum absolute atomic E-state index is 0.469. The van der Waals surface area contributed by atoms with Crippen LogP contribution in [0.2, 0.25) is 0 Å². The standard InChI is InChI=1S/C12H23N3/c1-5-14-9-12(4)10-15(11(2)3)8-6-7-13/h11,14H,4-6,8-10H2,1-3H3. The molecule has 0 aliphatic carbocycles. The Balaban J connectivity index is 3.94. The molecular weight excluding hydrogens is 186 g/mol. The van der Waals surface area contributed by atoms with Gasteiger partial charge in [-0.05, 0) is 26.0 Å². The number of nitrogens with zero attached hydrogens (tertiary/aromatic N) is 2. The van der Waals surface area contributed by atoms with Crippen molar-refractivity contribution in [3.63, 3.8) is 0 Å². The van der Waals surface area contributed by atoms with Gasteiger partial charge in [0.05, 0.1) is 6.07 Å². The molecule has 15 heavy (non-hydrogen) atoms. The third-order valence-corrected chi connectivity index (χ3v) is 2.29. The molecule has 0 heterocycles. The Labute approximate surface area is 93.8 Å². The van der Waals surface area contributed by atoms with Crippen LogP contribution in [0, 0.1) is 11.3 Å². The molecule has 0 aromatic heterocycles. The van der Waals surface area contributed by atoms with Crippen LogP contribution in [0.5, 0.6) is 0 Å². The lowest BCUT2D eigenvalue weighted by molar-refractivity contribution is 0.245. The van der Waals surface area contributed by atoms with Crippen LogP contribution in [0.1, 0.15) is 27.2 Å². The molecular formula is C12H23N3. The van der Waals surface area contributed by atoms with Crippen LogP contribution in [0.4, 0.5) is 0 Å². The van der Waals surface area contributed by atoms with Crippen molar-refractivity contribution in [2.24, 2.45) is 0 Å². The summed E-state index contributed by atoms with van der Waals surface area (Å²) in [7, 11) is 0. The normalized spacial score (nSPS) is 10.7. The molecule has 0 aliphatic heterocycles. The van der Waals surface area contributed by atoms with Crippen LogP contribution in [-0.2, 0) is 0 Å². The molecule has 0 unspecified atom stereocenters. The highest BCUT2D eigenvalue weighted by Gasteiger charge is 2.09. The second kappa shape index (κ2) is 8.46. The molecule has 3 heteroatoms. The molecule has 0 rings (SSSR count). The lowest BCUT2D eigenvalue weighted by Gasteiger charge is -2.26. The number of rotatable bonds is 8. The minimum atomic E-state index is 0.469. The molecule has 86 valence electrons. The van der Waals surface area contributed by atoms with Gasteiger partial charge in [0.1, 0.15) is 0 Å². The maximum absolute atomic E-state index is 8.56. The van der Waals surface area contributed by atoms with Gasteiger partial charge < -0.3 is 5.32 Å². The summed E-state index contributed by atoms with van der Waals surface area (Å²) in [4.78, 5) is 2.28. The topological polar surface area (TPSA) is 39.1 Å². The molecule has 0 atom stereocenters. The summed E-state index contributed by atoms with van der Waals surface area (Å²) in [6.45, 7) is 14.0. The quantitative estimate of drug-likeness (QED) is 0.619. The van der Waals surface area contributed by atoms with Crippen LogP contribution in [-0.4, -0.2) is 37.1 Å². The van der Waals surface area contributed by atoms with Gasteiger partial charge in [0.25, 0.3) is 0 Å². The van der Waals surface area contributed by atoms with E-state index in [1.807, 2.05) is 0 Å². The van der Waals surface area contributed by atoms with Gasteiger partial charge in [-0.1, -0.05) is 13.5 Å². The molecule has 1 N–H and O–H groups in total. The number of likely N-dealkylation sites (N-methyl/N-ethyl adjacent to an activating group) is 1. The van der Waals surface area contributed by atoms with Gasteiger partial charge in [-0.2, -0.15) is 5.26 Å². The van der Waals surface area contributed by atoms with E-state index >= 15 is 0 Å². The van der Waals surface area contributed by atoms with Crippen LogP contribution >= 0.6 is 0 Å². The summed E-state index contributed by atoms with van der Waals surface area (Å²) < 4.78 is 0. The van der Waals surface area contributed by atoms with Crippen molar-refractivity contribution in [2.45, 2.75) is 33.2 Å². The molecule has 0 radical (unpaired) electrons. The maximum atomic E-state index is 8.56. The largest absolute Gasteiger partial charge is 0.313 e. The molecule has 0 spiro atoms. The molecule has 0 bridgehead atoms. The first kappa shape index (κ1) is 14.2. The SMILES string of the molecule is C=C(CNCC)CN(CCC#N)C(C)C. The third kappa shape index (κ3) is 7.12. The number of hydrogen-bond acceptors (Lipinski definition) is 3. The predicted molar refractivity (Wildman–Crippen MR) is 64.6 cm³/mol. The van der Waals surface area contributed by atoms with Crippen molar-refractivity contribution < 1.29 is 0 Å². The molecule has 0 aromatic rings.